The SMILES string of the molecule is Cc1c(/C=C\N)c2cc(C3=CC4C=CC(c5c6ccccc6c(C6=CCC(c7cc8ccccc8c8ccccc78)C(F)=C6)c6ccccc56)=CC4C=C3)ccc2n1-c1ccccc1. The average molecular weight is 825 g/mol. The van der Waals surface area contributed by atoms with Crippen molar-refractivity contribution in [3.05, 3.63) is 246 Å². The number of nitrogens with zero attached hydrogens (tertiary/aromatic N) is 1. The van der Waals surface area contributed by atoms with Gasteiger partial charge in [0.25, 0.3) is 0 Å². The van der Waals surface area contributed by atoms with Crippen LogP contribution in [0.25, 0.3) is 82.5 Å². The first-order chi connectivity index (χ1) is 31.5. The molecule has 3 aliphatic rings. The fraction of sp³-hybridized carbons (Fsp3) is 0.0820. The number of nitrogens with two attached hydrogens (primary N) is 1. The summed E-state index contributed by atoms with van der Waals surface area (Å²) in [6.07, 6.45) is 22.5. The molecule has 0 radical (unpaired) electrons. The lowest BCUT2D eigenvalue weighted by molar-refractivity contribution is 0.544. The van der Waals surface area contributed by atoms with Crippen LogP contribution >= 0.6 is 0 Å². The maximum Gasteiger partial charge on any atom is 0.108 e. The predicted octanol–water partition coefficient (Wildman–Crippen LogP) is 15.7. The Hall–Kier alpha value is -7.75. The van der Waals surface area contributed by atoms with Crippen LogP contribution in [0.4, 0.5) is 4.39 Å². The number of para-hydroxylation sites is 1. The summed E-state index contributed by atoms with van der Waals surface area (Å²) >= 11 is 0. The number of rotatable bonds is 6. The van der Waals surface area contributed by atoms with Gasteiger partial charge < -0.3 is 10.3 Å². The fourth-order valence-electron chi connectivity index (χ4n) is 11.0. The first-order valence-electron chi connectivity index (χ1n) is 22.3. The third kappa shape index (κ3) is 6.07. The zero-order valence-corrected chi connectivity index (χ0v) is 35.5. The molecule has 306 valence electrons. The summed E-state index contributed by atoms with van der Waals surface area (Å²) in [5.41, 5.74) is 18.5. The van der Waals surface area contributed by atoms with Gasteiger partial charge >= 0.3 is 0 Å². The lowest BCUT2D eigenvalue weighted by Gasteiger charge is -2.27. The van der Waals surface area contributed by atoms with Gasteiger partial charge in [-0.15, -0.1) is 0 Å². The summed E-state index contributed by atoms with van der Waals surface area (Å²) in [5, 5.41) is 10.4. The molecular formula is C61H45FN2. The molecule has 64 heavy (non-hydrogen) atoms. The standard InChI is InChI=1S/C61H45FN2/c1-38-47(31-32-63)57-35-42(28-30-59(57)64(38)46-14-3-2-4-15-46)40-23-24-41-34-44(26-25-39(41)33-40)60-52-19-9-11-21-54(52)61(55-22-12-10-20-53(55)60)45-27-29-51(58(62)37-45)56-36-43-13-5-6-16-48(43)49-17-7-8-18-50(49)56/h2-28,30-37,39,41,51H,29,63H2,1H3/b32-31-. The molecule has 9 aromatic rings. The molecular weight excluding hydrogens is 780 g/mol. The van der Waals surface area contributed by atoms with Gasteiger partial charge in [0.1, 0.15) is 5.83 Å². The summed E-state index contributed by atoms with van der Waals surface area (Å²) < 4.78 is 19.2. The minimum atomic E-state index is -0.349. The number of hydrogen-bond donors (Lipinski definition) is 1. The summed E-state index contributed by atoms with van der Waals surface area (Å²) in [5.74, 6) is -0.00575. The Labute approximate surface area is 372 Å². The van der Waals surface area contributed by atoms with Crippen molar-refractivity contribution in [2.45, 2.75) is 19.3 Å². The molecule has 2 N–H and O–H groups in total. The van der Waals surface area contributed by atoms with Crippen molar-refractivity contribution >= 4 is 76.8 Å². The first-order valence-corrected chi connectivity index (χ1v) is 22.3. The highest BCUT2D eigenvalue weighted by atomic mass is 19.1. The van der Waals surface area contributed by atoms with Crippen LogP contribution in [0.1, 0.15) is 45.8 Å². The second kappa shape index (κ2) is 15.3. The topological polar surface area (TPSA) is 30.9 Å². The van der Waals surface area contributed by atoms with Gasteiger partial charge in [0, 0.05) is 40.1 Å². The third-order valence-electron chi connectivity index (χ3n) is 13.9. The van der Waals surface area contributed by atoms with Gasteiger partial charge in [-0.3, -0.25) is 0 Å². The summed E-state index contributed by atoms with van der Waals surface area (Å²) in [7, 11) is 0. The number of halogens is 1. The Morgan fingerprint density at radius 3 is 1.83 bits per heavy atom. The zero-order chi connectivity index (χ0) is 42.9. The average Bonchev–Trinajstić information content (AvgIpc) is 3.62. The van der Waals surface area contributed by atoms with Crippen molar-refractivity contribution in [3.63, 3.8) is 0 Å². The molecule has 3 aliphatic carbocycles. The number of hydrogen-bond acceptors (Lipinski definition) is 1. The lowest BCUT2D eigenvalue weighted by atomic mass is 9.77. The van der Waals surface area contributed by atoms with Crippen molar-refractivity contribution < 1.29 is 4.39 Å². The summed E-state index contributed by atoms with van der Waals surface area (Å²) in [6.45, 7) is 2.16. The van der Waals surface area contributed by atoms with E-state index in [0.717, 1.165) is 60.7 Å². The van der Waals surface area contributed by atoms with Crippen LogP contribution in [0.5, 0.6) is 0 Å². The number of benzene rings is 8. The Kier molecular flexibility index (Phi) is 9.05. The molecule has 0 saturated carbocycles. The predicted molar refractivity (Wildman–Crippen MR) is 270 cm³/mol. The number of allylic oxidation sites excluding steroid dienone is 12. The van der Waals surface area contributed by atoms with Gasteiger partial charge in [-0.05, 0) is 144 Å². The van der Waals surface area contributed by atoms with E-state index in [1.807, 2.05) is 6.08 Å². The third-order valence-corrected chi connectivity index (χ3v) is 13.9. The van der Waals surface area contributed by atoms with Crippen molar-refractivity contribution in [1.29, 1.82) is 0 Å². The second-order valence-electron chi connectivity index (χ2n) is 17.4. The molecule has 3 heteroatoms. The largest absolute Gasteiger partial charge is 0.405 e. The van der Waals surface area contributed by atoms with Crippen molar-refractivity contribution in [3.8, 4) is 5.69 Å². The highest BCUT2D eigenvalue weighted by molar-refractivity contribution is 6.18. The quantitative estimate of drug-likeness (QED) is 0.131. The highest BCUT2D eigenvalue weighted by Gasteiger charge is 2.28. The van der Waals surface area contributed by atoms with Crippen LogP contribution < -0.4 is 5.73 Å². The fourth-order valence-corrected chi connectivity index (χ4v) is 11.0. The molecule has 0 spiro atoms. The van der Waals surface area contributed by atoms with Crippen molar-refractivity contribution in [2.75, 3.05) is 0 Å². The highest BCUT2D eigenvalue weighted by Crippen LogP contribution is 2.47. The molecule has 0 amide bonds. The monoisotopic (exact) mass is 824 g/mol. The van der Waals surface area contributed by atoms with E-state index in [4.69, 9.17) is 5.73 Å². The Morgan fingerprint density at radius 2 is 1.16 bits per heavy atom. The van der Waals surface area contributed by atoms with E-state index in [0.29, 0.717) is 6.42 Å². The smallest absolute Gasteiger partial charge is 0.108 e. The molecule has 0 fully saturated rings. The Morgan fingerprint density at radius 1 is 0.578 bits per heavy atom. The van der Waals surface area contributed by atoms with Gasteiger partial charge in [0.2, 0.25) is 0 Å². The van der Waals surface area contributed by atoms with Crippen LogP contribution in [0, 0.1) is 18.8 Å². The molecule has 2 nitrogen and oxygen atoms in total. The normalized spacial score (nSPS) is 18.5. The summed E-state index contributed by atoms with van der Waals surface area (Å²) in [4.78, 5) is 0. The van der Waals surface area contributed by atoms with E-state index in [1.165, 1.54) is 49.2 Å². The second-order valence-corrected chi connectivity index (χ2v) is 17.4. The molecule has 3 atom stereocenters. The van der Waals surface area contributed by atoms with E-state index in [2.05, 4.69) is 206 Å². The van der Waals surface area contributed by atoms with Crippen molar-refractivity contribution in [1.82, 2.24) is 4.57 Å². The maximum absolute atomic E-state index is 16.8. The van der Waals surface area contributed by atoms with Crippen LogP contribution in [0.3, 0.4) is 0 Å². The molecule has 1 aromatic heterocycles. The molecule has 0 aliphatic heterocycles. The Balaban J connectivity index is 0.898. The van der Waals surface area contributed by atoms with Crippen LogP contribution in [0.15, 0.2) is 212 Å². The van der Waals surface area contributed by atoms with Crippen LogP contribution in [-0.4, -0.2) is 4.57 Å². The number of fused-ring (bicyclic) bond motifs is 7. The molecule has 3 unspecified atom stereocenters. The van der Waals surface area contributed by atoms with E-state index in [1.54, 1.807) is 12.3 Å². The Bertz CT molecular complexity index is 3570. The lowest BCUT2D eigenvalue weighted by Crippen LogP contribution is -2.13. The minimum Gasteiger partial charge on any atom is -0.405 e. The molecule has 0 saturated heterocycles. The first kappa shape index (κ1) is 38.0. The molecule has 8 aromatic carbocycles. The minimum absolute atomic E-state index is 0.0934. The maximum atomic E-state index is 16.8. The van der Waals surface area contributed by atoms with E-state index >= 15 is 4.39 Å². The molecule has 0 bridgehead atoms. The van der Waals surface area contributed by atoms with Gasteiger partial charge in [-0.25, -0.2) is 4.39 Å². The van der Waals surface area contributed by atoms with E-state index < -0.39 is 0 Å². The molecule has 12 rings (SSSR count). The summed E-state index contributed by atoms with van der Waals surface area (Å²) in [6, 6.07) is 53.8. The van der Waals surface area contributed by atoms with Gasteiger partial charge in [-0.2, -0.15) is 0 Å². The molecule has 1 heterocycles. The number of aromatic nitrogens is 1. The van der Waals surface area contributed by atoms with Gasteiger partial charge in [-0.1, -0.05) is 164 Å². The van der Waals surface area contributed by atoms with E-state index in [-0.39, 0.29) is 23.6 Å². The van der Waals surface area contributed by atoms with Crippen molar-refractivity contribution in [2.24, 2.45) is 17.6 Å². The van der Waals surface area contributed by atoms with Crippen LogP contribution in [0.2, 0.25) is 0 Å². The van der Waals surface area contributed by atoms with Gasteiger partial charge in [0.05, 0.1) is 5.52 Å². The van der Waals surface area contributed by atoms with E-state index in [9.17, 15) is 0 Å². The van der Waals surface area contributed by atoms with Gasteiger partial charge in [0.15, 0.2) is 0 Å². The zero-order valence-electron chi connectivity index (χ0n) is 35.5. The van der Waals surface area contributed by atoms with Crippen LogP contribution in [-0.2, 0) is 0 Å².